The molecule has 0 amide bonds. The third-order valence-corrected chi connectivity index (χ3v) is 4.79. The zero-order valence-electron chi connectivity index (χ0n) is 17.0. The molecular weight excluding hydrogens is 346 g/mol. The second kappa shape index (κ2) is 11.9. The standard InChI is InChI=1S/C20H35N3O2S/c1-20(2,3)25-18(24)12-8-6-7-9-14-22-19(21-4)23(5)15-13-17-11-10-16-26-17/h10-11,16H,6-9,12-15H2,1-5H3,(H,21,22). The molecule has 26 heavy (non-hydrogen) atoms. The number of thiophene rings is 1. The maximum Gasteiger partial charge on any atom is 0.306 e. The molecule has 0 saturated heterocycles. The van der Waals surface area contributed by atoms with Crippen molar-refractivity contribution in [3.63, 3.8) is 0 Å². The Morgan fingerprint density at radius 3 is 2.62 bits per heavy atom. The summed E-state index contributed by atoms with van der Waals surface area (Å²) < 4.78 is 5.32. The van der Waals surface area contributed by atoms with E-state index in [-0.39, 0.29) is 11.6 Å². The molecule has 1 heterocycles. The number of carbonyl (C=O) groups excluding carboxylic acids is 1. The van der Waals surface area contributed by atoms with E-state index in [1.165, 1.54) is 4.88 Å². The lowest BCUT2D eigenvalue weighted by atomic mass is 10.1. The summed E-state index contributed by atoms with van der Waals surface area (Å²) in [6, 6.07) is 4.27. The molecule has 0 saturated carbocycles. The average Bonchev–Trinajstić information content (AvgIpc) is 3.07. The molecule has 1 aromatic rings. The fraction of sp³-hybridized carbons (Fsp3) is 0.700. The number of unbranched alkanes of at least 4 members (excludes halogenated alkanes) is 3. The third-order valence-electron chi connectivity index (χ3n) is 3.86. The van der Waals surface area contributed by atoms with E-state index in [0.717, 1.165) is 51.2 Å². The van der Waals surface area contributed by atoms with Crippen molar-refractivity contribution in [2.24, 2.45) is 4.99 Å². The van der Waals surface area contributed by atoms with Crippen LogP contribution in [0, 0.1) is 0 Å². The van der Waals surface area contributed by atoms with E-state index in [2.05, 4.69) is 39.8 Å². The number of ether oxygens (including phenoxy) is 1. The Morgan fingerprint density at radius 2 is 2.00 bits per heavy atom. The molecule has 1 rings (SSSR count). The molecule has 5 nitrogen and oxygen atoms in total. The number of guanidine groups is 1. The van der Waals surface area contributed by atoms with E-state index in [1.54, 1.807) is 11.3 Å². The van der Waals surface area contributed by atoms with Crippen molar-refractivity contribution in [1.29, 1.82) is 0 Å². The fourth-order valence-corrected chi connectivity index (χ4v) is 3.26. The van der Waals surface area contributed by atoms with Crippen molar-refractivity contribution in [1.82, 2.24) is 10.2 Å². The molecule has 0 aromatic carbocycles. The molecule has 0 aliphatic rings. The highest BCUT2D eigenvalue weighted by atomic mass is 32.1. The monoisotopic (exact) mass is 381 g/mol. The van der Waals surface area contributed by atoms with E-state index in [1.807, 2.05) is 27.8 Å². The minimum atomic E-state index is -0.383. The number of likely N-dealkylation sites (N-methyl/N-ethyl adjacent to an activating group) is 1. The number of rotatable bonds is 10. The van der Waals surface area contributed by atoms with Gasteiger partial charge < -0.3 is 15.0 Å². The van der Waals surface area contributed by atoms with Crippen LogP contribution in [0.25, 0.3) is 0 Å². The van der Waals surface area contributed by atoms with Gasteiger partial charge in [0, 0.05) is 38.5 Å². The number of nitrogens with one attached hydrogen (secondary N) is 1. The number of hydrogen-bond acceptors (Lipinski definition) is 4. The van der Waals surface area contributed by atoms with E-state index in [0.29, 0.717) is 6.42 Å². The van der Waals surface area contributed by atoms with Gasteiger partial charge in [-0.2, -0.15) is 0 Å². The van der Waals surface area contributed by atoms with Gasteiger partial charge in [-0.25, -0.2) is 0 Å². The molecule has 0 bridgehead atoms. The first-order valence-electron chi connectivity index (χ1n) is 9.48. The number of hydrogen-bond donors (Lipinski definition) is 1. The summed E-state index contributed by atoms with van der Waals surface area (Å²) in [6.45, 7) is 7.57. The van der Waals surface area contributed by atoms with Crippen molar-refractivity contribution in [3.05, 3.63) is 22.4 Å². The molecule has 0 radical (unpaired) electrons. The second-order valence-corrected chi connectivity index (χ2v) is 8.51. The summed E-state index contributed by atoms with van der Waals surface area (Å²) in [5, 5.41) is 5.53. The first-order valence-corrected chi connectivity index (χ1v) is 10.4. The van der Waals surface area contributed by atoms with Gasteiger partial charge in [-0.3, -0.25) is 9.79 Å². The molecule has 0 fully saturated rings. The van der Waals surface area contributed by atoms with Gasteiger partial charge in [0.25, 0.3) is 0 Å². The lowest BCUT2D eigenvalue weighted by molar-refractivity contribution is -0.154. The zero-order valence-corrected chi connectivity index (χ0v) is 17.8. The van der Waals surface area contributed by atoms with Crippen LogP contribution in [-0.2, 0) is 16.0 Å². The highest BCUT2D eigenvalue weighted by Gasteiger charge is 2.15. The van der Waals surface area contributed by atoms with Crippen LogP contribution >= 0.6 is 11.3 Å². The van der Waals surface area contributed by atoms with Crippen molar-refractivity contribution >= 4 is 23.3 Å². The molecule has 1 aromatic heterocycles. The summed E-state index contributed by atoms with van der Waals surface area (Å²) in [4.78, 5) is 19.6. The Balaban J connectivity index is 2.08. The normalized spacial score (nSPS) is 12.1. The molecule has 0 spiro atoms. The van der Waals surface area contributed by atoms with Crippen LogP contribution in [0.5, 0.6) is 0 Å². The number of carbonyl (C=O) groups is 1. The number of nitrogens with zero attached hydrogens (tertiary/aromatic N) is 2. The van der Waals surface area contributed by atoms with Crippen LogP contribution in [-0.4, -0.2) is 49.6 Å². The molecule has 148 valence electrons. The minimum Gasteiger partial charge on any atom is -0.460 e. The lowest BCUT2D eigenvalue weighted by Gasteiger charge is -2.21. The largest absolute Gasteiger partial charge is 0.460 e. The fourth-order valence-electron chi connectivity index (χ4n) is 2.56. The third kappa shape index (κ3) is 10.4. The number of esters is 1. The molecule has 6 heteroatoms. The number of aliphatic imine (C=N–C) groups is 1. The van der Waals surface area contributed by atoms with Crippen LogP contribution in [0.1, 0.15) is 57.8 Å². The van der Waals surface area contributed by atoms with Crippen molar-refractivity contribution in [2.45, 2.75) is 64.9 Å². The first kappa shape index (κ1) is 22.5. The molecule has 0 unspecified atom stereocenters. The topological polar surface area (TPSA) is 53.9 Å². The summed E-state index contributed by atoms with van der Waals surface area (Å²) in [5.41, 5.74) is -0.383. The first-order chi connectivity index (χ1) is 12.3. The van der Waals surface area contributed by atoms with E-state index in [4.69, 9.17) is 4.74 Å². The van der Waals surface area contributed by atoms with Crippen molar-refractivity contribution < 1.29 is 9.53 Å². The summed E-state index contributed by atoms with van der Waals surface area (Å²) in [7, 11) is 3.90. The van der Waals surface area contributed by atoms with E-state index >= 15 is 0 Å². The molecule has 0 aliphatic heterocycles. The Bertz CT molecular complexity index is 536. The highest BCUT2D eigenvalue weighted by molar-refractivity contribution is 7.09. The minimum absolute atomic E-state index is 0.0941. The van der Waals surface area contributed by atoms with Crippen LogP contribution in [0.3, 0.4) is 0 Å². The van der Waals surface area contributed by atoms with E-state index < -0.39 is 0 Å². The SMILES string of the molecule is CN=C(NCCCCCCC(=O)OC(C)(C)C)N(C)CCc1cccs1. The Kier molecular flexibility index (Phi) is 10.3. The van der Waals surface area contributed by atoms with Crippen molar-refractivity contribution in [2.75, 3.05) is 27.2 Å². The van der Waals surface area contributed by atoms with Gasteiger partial charge in [0.2, 0.25) is 0 Å². The molecular formula is C20H35N3O2S. The summed E-state index contributed by atoms with van der Waals surface area (Å²) in [6.07, 6.45) is 5.67. The smallest absolute Gasteiger partial charge is 0.306 e. The zero-order chi connectivity index (χ0) is 19.4. The lowest BCUT2D eigenvalue weighted by Crippen LogP contribution is -2.40. The van der Waals surface area contributed by atoms with Gasteiger partial charge >= 0.3 is 5.97 Å². The van der Waals surface area contributed by atoms with E-state index in [9.17, 15) is 4.79 Å². The van der Waals surface area contributed by atoms with Crippen molar-refractivity contribution in [3.8, 4) is 0 Å². The van der Waals surface area contributed by atoms with Gasteiger partial charge in [-0.05, 0) is 51.5 Å². The van der Waals surface area contributed by atoms with Gasteiger partial charge in [-0.1, -0.05) is 18.9 Å². The highest BCUT2D eigenvalue weighted by Crippen LogP contribution is 2.11. The predicted octanol–water partition coefficient (Wildman–Crippen LogP) is 4.09. The average molecular weight is 382 g/mol. The predicted molar refractivity (Wildman–Crippen MR) is 111 cm³/mol. The maximum atomic E-state index is 11.6. The molecule has 0 atom stereocenters. The molecule has 0 aliphatic carbocycles. The Labute approximate surface area is 162 Å². The Morgan fingerprint density at radius 1 is 1.27 bits per heavy atom. The van der Waals surface area contributed by atoms with Crippen LogP contribution in [0.4, 0.5) is 0 Å². The van der Waals surface area contributed by atoms with Gasteiger partial charge in [0.1, 0.15) is 5.60 Å². The summed E-state index contributed by atoms with van der Waals surface area (Å²) >= 11 is 1.80. The van der Waals surface area contributed by atoms with Gasteiger partial charge in [-0.15, -0.1) is 11.3 Å². The molecule has 1 N–H and O–H groups in total. The summed E-state index contributed by atoms with van der Waals surface area (Å²) in [5.74, 6) is 0.846. The van der Waals surface area contributed by atoms with Crippen LogP contribution in [0.15, 0.2) is 22.5 Å². The Hall–Kier alpha value is -1.56. The van der Waals surface area contributed by atoms with Gasteiger partial charge in [0.15, 0.2) is 5.96 Å². The maximum absolute atomic E-state index is 11.6. The quantitative estimate of drug-likeness (QED) is 0.287. The van der Waals surface area contributed by atoms with Crippen LogP contribution in [0.2, 0.25) is 0 Å². The van der Waals surface area contributed by atoms with Crippen LogP contribution < -0.4 is 5.32 Å². The van der Waals surface area contributed by atoms with Gasteiger partial charge in [0.05, 0.1) is 0 Å². The second-order valence-electron chi connectivity index (χ2n) is 7.48.